The minimum atomic E-state index is -4.58. The molecule has 2 amide bonds. The summed E-state index contributed by atoms with van der Waals surface area (Å²) in [5.74, 6) is -0.848. The Kier molecular flexibility index (Phi) is 3.33. The number of amides is 2. The number of anilines is 2. The average molecular weight is 287 g/mol. The van der Waals surface area contributed by atoms with Crippen LogP contribution in [0.3, 0.4) is 0 Å². The first-order valence-corrected chi connectivity index (χ1v) is 5.74. The Bertz CT molecular complexity index is 572. The number of alkyl halides is 3. The maximum atomic E-state index is 12.7. The molecule has 1 fully saturated rings. The Morgan fingerprint density at radius 1 is 1.35 bits per heavy atom. The van der Waals surface area contributed by atoms with E-state index in [0.29, 0.717) is 0 Å². The summed E-state index contributed by atoms with van der Waals surface area (Å²) >= 11 is 0. The fourth-order valence-corrected chi connectivity index (χ4v) is 1.96. The predicted octanol–water partition coefficient (Wildman–Crippen LogP) is 1.46. The Balaban J connectivity index is 2.23. The number of nitrogens with one attached hydrogen (secondary N) is 1. The predicted molar refractivity (Wildman–Crippen MR) is 65.7 cm³/mol. The number of hydrogen-bond donors (Lipinski definition) is 2. The van der Waals surface area contributed by atoms with Crippen molar-refractivity contribution in [3.05, 3.63) is 23.8 Å². The Morgan fingerprint density at radius 3 is 2.50 bits per heavy atom. The van der Waals surface area contributed by atoms with E-state index in [9.17, 15) is 22.8 Å². The summed E-state index contributed by atoms with van der Waals surface area (Å²) in [6, 6.07) is 2.42. The molecule has 0 bridgehead atoms. The van der Waals surface area contributed by atoms with E-state index >= 15 is 0 Å². The van der Waals surface area contributed by atoms with Crippen molar-refractivity contribution < 1.29 is 22.8 Å². The third-order valence-corrected chi connectivity index (χ3v) is 3.08. The molecule has 0 aromatic heterocycles. The number of benzene rings is 1. The van der Waals surface area contributed by atoms with Gasteiger partial charge >= 0.3 is 6.18 Å². The molecule has 108 valence electrons. The Hall–Kier alpha value is -2.25. The molecule has 5 nitrogen and oxygen atoms in total. The molecule has 1 heterocycles. The second-order valence-electron chi connectivity index (χ2n) is 4.49. The van der Waals surface area contributed by atoms with Crippen LogP contribution in [0.5, 0.6) is 0 Å². The minimum absolute atomic E-state index is 0.0823. The molecular weight excluding hydrogens is 275 g/mol. The first kappa shape index (κ1) is 14.2. The van der Waals surface area contributed by atoms with Crippen molar-refractivity contribution in [2.45, 2.75) is 18.6 Å². The maximum Gasteiger partial charge on any atom is 0.418 e. The second-order valence-corrected chi connectivity index (χ2v) is 4.49. The number of imide groups is 1. The molecule has 1 atom stereocenters. The molecular formula is C12H12F3N3O2. The van der Waals surface area contributed by atoms with Crippen LogP contribution < -0.4 is 11.1 Å². The van der Waals surface area contributed by atoms with Crippen LogP contribution in [0.4, 0.5) is 24.5 Å². The number of nitrogens with zero attached hydrogens (tertiary/aromatic N) is 1. The number of nitrogen functional groups attached to an aromatic ring is 1. The van der Waals surface area contributed by atoms with Gasteiger partial charge in [-0.25, -0.2) is 0 Å². The van der Waals surface area contributed by atoms with Crippen LogP contribution in [-0.4, -0.2) is 29.8 Å². The van der Waals surface area contributed by atoms with Gasteiger partial charge in [0, 0.05) is 18.4 Å². The summed E-state index contributed by atoms with van der Waals surface area (Å²) in [7, 11) is 1.33. The zero-order chi connectivity index (χ0) is 15.1. The van der Waals surface area contributed by atoms with Crippen molar-refractivity contribution in [2.24, 2.45) is 0 Å². The van der Waals surface area contributed by atoms with Gasteiger partial charge in [0.15, 0.2) is 0 Å². The fraction of sp³-hybridized carbons (Fsp3) is 0.333. The van der Waals surface area contributed by atoms with E-state index in [1.165, 1.54) is 13.1 Å². The van der Waals surface area contributed by atoms with Gasteiger partial charge in [0.25, 0.3) is 5.91 Å². The number of likely N-dealkylation sites (N-methyl/N-ethyl adjacent to an activating group) is 1. The highest BCUT2D eigenvalue weighted by molar-refractivity contribution is 6.06. The van der Waals surface area contributed by atoms with Gasteiger partial charge in [-0.1, -0.05) is 0 Å². The van der Waals surface area contributed by atoms with Crippen molar-refractivity contribution in [1.29, 1.82) is 0 Å². The molecule has 3 N–H and O–H groups in total. The molecule has 0 aliphatic carbocycles. The Morgan fingerprint density at radius 2 is 2.00 bits per heavy atom. The largest absolute Gasteiger partial charge is 0.418 e. The topological polar surface area (TPSA) is 75.4 Å². The van der Waals surface area contributed by atoms with E-state index in [4.69, 9.17) is 5.73 Å². The van der Waals surface area contributed by atoms with Gasteiger partial charge in [0.2, 0.25) is 5.91 Å². The van der Waals surface area contributed by atoms with E-state index < -0.39 is 29.4 Å². The van der Waals surface area contributed by atoms with E-state index in [2.05, 4.69) is 5.32 Å². The van der Waals surface area contributed by atoms with Gasteiger partial charge in [0.1, 0.15) is 6.04 Å². The standard InChI is InChI=1S/C12H12F3N3O2/c1-18-10(19)5-9(11(18)20)17-6-2-3-8(16)7(4-6)12(13,14)15/h2-4,9,17H,5,16H2,1H3. The quantitative estimate of drug-likeness (QED) is 0.638. The van der Waals surface area contributed by atoms with Crippen LogP contribution in [0.1, 0.15) is 12.0 Å². The number of rotatable bonds is 2. The van der Waals surface area contributed by atoms with Crippen LogP contribution >= 0.6 is 0 Å². The fourth-order valence-electron chi connectivity index (χ4n) is 1.96. The third kappa shape index (κ3) is 2.54. The third-order valence-electron chi connectivity index (χ3n) is 3.08. The minimum Gasteiger partial charge on any atom is -0.398 e. The normalized spacial score (nSPS) is 19.6. The smallest absolute Gasteiger partial charge is 0.398 e. The molecule has 20 heavy (non-hydrogen) atoms. The van der Waals surface area contributed by atoms with Gasteiger partial charge < -0.3 is 11.1 Å². The molecule has 1 aliphatic rings. The van der Waals surface area contributed by atoms with Crippen LogP contribution in [-0.2, 0) is 15.8 Å². The van der Waals surface area contributed by atoms with E-state index in [0.717, 1.165) is 17.0 Å². The summed E-state index contributed by atoms with van der Waals surface area (Å²) in [4.78, 5) is 23.9. The van der Waals surface area contributed by atoms with Crippen LogP contribution in [0.2, 0.25) is 0 Å². The maximum absolute atomic E-state index is 12.7. The molecule has 1 aromatic rings. The van der Waals surface area contributed by atoms with Crippen molar-refractivity contribution in [1.82, 2.24) is 4.90 Å². The van der Waals surface area contributed by atoms with Crippen molar-refractivity contribution in [3.8, 4) is 0 Å². The number of carbonyl (C=O) groups is 2. The lowest BCUT2D eigenvalue weighted by Gasteiger charge is -2.15. The average Bonchev–Trinajstić information content (AvgIpc) is 2.58. The summed E-state index contributed by atoms with van der Waals surface area (Å²) in [5, 5.41) is 2.62. The molecule has 0 spiro atoms. The summed E-state index contributed by atoms with van der Waals surface area (Å²) in [5.41, 5.74) is 4.00. The first-order chi connectivity index (χ1) is 9.20. The van der Waals surface area contributed by atoms with E-state index in [1.807, 2.05) is 0 Å². The summed E-state index contributed by atoms with van der Waals surface area (Å²) < 4.78 is 38.1. The first-order valence-electron chi connectivity index (χ1n) is 5.74. The van der Waals surface area contributed by atoms with Gasteiger partial charge in [-0.2, -0.15) is 13.2 Å². The van der Waals surface area contributed by atoms with Crippen LogP contribution in [0, 0.1) is 0 Å². The molecule has 2 rings (SSSR count). The number of halogens is 3. The highest BCUT2D eigenvalue weighted by Gasteiger charge is 2.37. The molecule has 1 aromatic carbocycles. The lowest BCUT2D eigenvalue weighted by Crippen LogP contribution is -2.31. The van der Waals surface area contributed by atoms with Crippen molar-refractivity contribution in [2.75, 3.05) is 18.1 Å². The molecule has 1 saturated heterocycles. The van der Waals surface area contributed by atoms with Crippen LogP contribution in [0.25, 0.3) is 0 Å². The van der Waals surface area contributed by atoms with Crippen molar-refractivity contribution in [3.63, 3.8) is 0 Å². The Labute approximate surface area is 112 Å². The lowest BCUT2D eigenvalue weighted by molar-refractivity contribution is -0.137. The zero-order valence-corrected chi connectivity index (χ0v) is 10.5. The number of carbonyl (C=O) groups excluding carboxylic acids is 2. The highest BCUT2D eigenvalue weighted by atomic mass is 19.4. The molecule has 8 heteroatoms. The van der Waals surface area contributed by atoms with Gasteiger partial charge in [0.05, 0.1) is 12.0 Å². The van der Waals surface area contributed by atoms with Gasteiger partial charge in [-0.3, -0.25) is 14.5 Å². The SMILES string of the molecule is CN1C(=O)CC(Nc2ccc(N)c(C(F)(F)F)c2)C1=O. The highest BCUT2D eigenvalue weighted by Crippen LogP contribution is 2.35. The zero-order valence-electron chi connectivity index (χ0n) is 10.5. The molecule has 0 saturated carbocycles. The van der Waals surface area contributed by atoms with Gasteiger partial charge in [-0.15, -0.1) is 0 Å². The molecule has 1 aliphatic heterocycles. The second kappa shape index (κ2) is 4.69. The lowest BCUT2D eigenvalue weighted by atomic mass is 10.1. The summed E-state index contributed by atoms with van der Waals surface area (Å²) in [6.07, 6.45) is -4.66. The molecule has 1 unspecified atom stereocenters. The summed E-state index contributed by atoms with van der Waals surface area (Å²) in [6.45, 7) is 0. The number of hydrogen-bond acceptors (Lipinski definition) is 4. The van der Waals surface area contributed by atoms with Crippen molar-refractivity contribution >= 4 is 23.2 Å². The van der Waals surface area contributed by atoms with E-state index in [-0.39, 0.29) is 18.0 Å². The van der Waals surface area contributed by atoms with Gasteiger partial charge in [-0.05, 0) is 18.2 Å². The van der Waals surface area contributed by atoms with Crippen LogP contribution in [0.15, 0.2) is 18.2 Å². The number of nitrogens with two attached hydrogens (primary N) is 1. The monoisotopic (exact) mass is 287 g/mol. The number of likely N-dealkylation sites (tertiary alicyclic amines) is 1. The molecule has 0 radical (unpaired) electrons. The van der Waals surface area contributed by atoms with E-state index in [1.54, 1.807) is 0 Å².